The van der Waals surface area contributed by atoms with Crippen LogP contribution in [-0.4, -0.2) is 22.3 Å². The second-order valence-corrected chi connectivity index (χ2v) is 8.64. The highest BCUT2D eigenvalue weighted by molar-refractivity contribution is 6.09. The highest BCUT2D eigenvalue weighted by Crippen LogP contribution is 2.30. The number of rotatable bonds is 5. The highest BCUT2D eigenvalue weighted by Gasteiger charge is 2.25. The fourth-order valence-electron chi connectivity index (χ4n) is 5.01. The molecule has 2 aliphatic carbocycles. The number of ketones is 1. The Bertz CT molecular complexity index is 824. The van der Waals surface area contributed by atoms with Crippen LogP contribution in [0.5, 0.6) is 0 Å². The van der Waals surface area contributed by atoms with Gasteiger partial charge in [0, 0.05) is 34.6 Å². The molecule has 28 heavy (non-hydrogen) atoms. The lowest BCUT2D eigenvalue weighted by Gasteiger charge is -2.19. The van der Waals surface area contributed by atoms with Crippen LogP contribution < -0.4 is 5.32 Å². The Morgan fingerprint density at radius 3 is 2.29 bits per heavy atom. The van der Waals surface area contributed by atoms with Crippen LogP contribution in [0.1, 0.15) is 81.0 Å². The van der Waals surface area contributed by atoms with E-state index in [2.05, 4.69) is 5.32 Å². The van der Waals surface area contributed by atoms with Gasteiger partial charge >= 0.3 is 0 Å². The molecule has 0 unspecified atom stereocenters. The van der Waals surface area contributed by atoms with Gasteiger partial charge in [0.05, 0.1) is 0 Å². The van der Waals surface area contributed by atoms with Crippen molar-refractivity contribution in [2.45, 2.75) is 83.2 Å². The maximum atomic E-state index is 13.2. The van der Waals surface area contributed by atoms with Crippen molar-refractivity contribution in [1.29, 1.82) is 0 Å². The lowest BCUT2D eigenvalue weighted by Crippen LogP contribution is -2.36. The van der Waals surface area contributed by atoms with E-state index in [0.717, 1.165) is 55.0 Å². The van der Waals surface area contributed by atoms with Crippen molar-refractivity contribution in [3.05, 3.63) is 36.0 Å². The summed E-state index contributed by atoms with van der Waals surface area (Å²) < 4.78 is 1.97. The molecule has 1 aromatic carbocycles. The molecule has 1 aromatic heterocycles. The van der Waals surface area contributed by atoms with Crippen molar-refractivity contribution >= 4 is 22.6 Å². The van der Waals surface area contributed by atoms with Crippen LogP contribution in [-0.2, 0) is 11.3 Å². The largest absolute Gasteiger partial charge is 0.352 e. The van der Waals surface area contributed by atoms with Gasteiger partial charge in [-0.05, 0) is 31.7 Å². The smallest absolute Gasteiger partial charge is 0.240 e. The number of Topliss-reactive ketones (excluding diaryl/α,β-unsaturated/α-hetero) is 1. The van der Waals surface area contributed by atoms with E-state index in [4.69, 9.17) is 0 Å². The molecule has 1 N–H and O–H groups in total. The quantitative estimate of drug-likeness (QED) is 0.569. The summed E-state index contributed by atoms with van der Waals surface area (Å²) in [6, 6.07) is 8.31. The van der Waals surface area contributed by atoms with E-state index in [-0.39, 0.29) is 24.2 Å². The van der Waals surface area contributed by atoms with Crippen LogP contribution in [0.2, 0.25) is 0 Å². The minimum Gasteiger partial charge on any atom is -0.352 e. The molecule has 2 aliphatic rings. The van der Waals surface area contributed by atoms with Crippen LogP contribution in [0.25, 0.3) is 10.9 Å². The Kier molecular flexibility index (Phi) is 6.13. The highest BCUT2D eigenvalue weighted by atomic mass is 16.2. The monoisotopic (exact) mass is 380 g/mol. The summed E-state index contributed by atoms with van der Waals surface area (Å²) >= 11 is 0. The number of fused-ring (bicyclic) bond motifs is 1. The van der Waals surface area contributed by atoms with Gasteiger partial charge in [0.1, 0.15) is 6.54 Å². The fourth-order valence-corrected chi connectivity index (χ4v) is 5.01. The van der Waals surface area contributed by atoms with E-state index in [1.54, 1.807) is 0 Å². The molecule has 4 heteroatoms. The Hall–Kier alpha value is -2.10. The standard InChI is InChI=1S/C24H32N2O2/c27-23(25-19-12-6-1-2-7-13-19)17-26-16-21(20-14-8-9-15-22(20)26)24(28)18-10-4-3-5-11-18/h8-9,14-16,18-19H,1-7,10-13,17H2,(H,25,27). The van der Waals surface area contributed by atoms with Crippen LogP contribution in [0.15, 0.2) is 30.5 Å². The van der Waals surface area contributed by atoms with Gasteiger partial charge in [-0.3, -0.25) is 9.59 Å². The zero-order valence-electron chi connectivity index (χ0n) is 16.8. The van der Waals surface area contributed by atoms with Crippen molar-refractivity contribution in [1.82, 2.24) is 9.88 Å². The van der Waals surface area contributed by atoms with Crippen molar-refractivity contribution in [2.24, 2.45) is 5.92 Å². The minimum absolute atomic E-state index is 0.0596. The molecular weight excluding hydrogens is 348 g/mol. The number of nitrogens with one attached hydrogen (secondary N) is 1. The molecule has 2 aromatic rings. The third-order valence-electron chi connectivity index (χ3n) is 6.56. The average Bonchev–Trinajstić information content (AvgIpc) is 2.89. The number of hydrogen-bond acceptors (Lipinski definition) is 2. The minimum atomic E-state index is 0.0596. The van der Waals surface area contributed by atoms with Gasteiger partial charge in [-0.15, -0.1) is 0 Å². The lowest BCUT2D eigenvalue weighted by atomic mass is 9.84. The first-order valence-corrected chi connectivity index (χ1v) is 11.1. The van der Waals surface area contributed by atoms with Crippen molar-refractivity contribution < 1.29 is 9.59 Å². The van der Waals surface area contributed by atoms with Gasteiger partial charge in [-0.25, -0.2) is 0 Å². The summed E-state index contributed by atoms with van der Waals surface area (Å²) in [5.41, 5.74) is 1.78. The Morgan fingerprint density at radius 2 is 1.54 bits per heavy atom. The molecule has 2 saturated carbocycles. The van der Waals surface area contributed by atoms with Gasteiger partial charge in [0.2, 0.25) is 5.91 Å². The molecule has 1 heterocycles. The van der Waals surface area contributed by atoms with Gasteiger partial charge in [0.15, 0.2) is 5.78 Å². The lowest BCUT2D eigenvalue weighted by molar-refractivity contribution is -0.122. The predicted molar refractivity (Wildman–Crippen MR) is 112 cm³/mol. The number of carbonyl (C=O) groups excluding carboxylic acids is 2. The maximum Gasteiger partial charge on any atom is 0.240 e. The number of benzene rings is 1. The van der Waals surface area contributed by atoms with Gasteiger partial charge in [-0.2, -0.15) is 0 Å². The third-order valence-corrected chi connectivity index (χ3v) is 6.56. The summed E-state index contributed by atoms with van der Waals surface area (Å²) in [6.07, 6.45) is 14.6. The molecule has 0 atom stereocenters. The van der Waals surface area contributed by atoms with Crippen molar-refractivity contribution in [2.75, 3.05) is 0 Å². The fraction of sp³-hybridized carbons (Fsp3) is 0.583. The van der Waals surface area contributed by atoms with E-state index in [1.165, 1.54) is 32.1 Å². The molecule has 4 nitrogen and oxygen atoms in total. The summed E-state index contributed by atoms with van der Waals surface area (Å²) in [7, 11) is 0. The molecule has 2 fully saturated rings. The number of carbonyl (C=O) groups is 2. The Morgan fingerprint density at radius 1 is 0.893 bits per heavy atom. The summed E-state index contributed by atoms with van der Waals surface area (Å²) in [4.78, 5) is 25.9. The summed E-state index contributed by atoms with van der Waals surface area (Å²) in [5.74, 6) is 0.468. The van der Waals surface area contributed by atoms with Crippen LogP contribution in [0, 0.1) is 5.92 Å². The Balaban J connectivity index is 1.52. The summed E-state index contributed by atoms with van der Waals surface area (Å²) in [5, 5.41) is 4.22. The second-order valence-electron chi connectivity index (χ2n) is 8.64. The maximum absolute atomic E-state index is 13.2. The molecule has 1 amide bonds. The van der Waals surface area contributed by atoms with Gasteiger partial charge in [-0.1, -0.05) is 63.1 Å². The summed E-state index contributed by atoms with van der Waals surface area (Å²) in [6.45, 7) is 0.287. The number of hydrogen-bond donors (Lipinski definition) is 1. The third kappa shape index (κ3) is 4.31. The zero-order valence-corrected chi connectivity index (χ0v) is 16.8. The zero-order chi connectivity index (χ0) is 19.3. The normalized spacial score (nSPS) is 19.4. The molecule has 0 spiro atoms. The van der Waals surface area contributed by atoms with Gasteiger partial charge < -0.3 is 9.88 Å². The molecule has 0 aliphatic heterocycles. The first kappa shape index (κ1) is 19.2. The van der Waals surface area contributed by atoms with E-state index < -0.39 is 0 Å². The second kappa shape index (κ2) is 8.93. The molecule has 0 bridgehead atoms. The van der Waals surface area contributed by atoms with E-state index >= 15 is 0 Å². The molecule has 150 valence electrons. The molecule has 4 rings (SSSR count). The average molecular weight is 381 g/mol. The number of amides is 1. The van der Waals surface area contributed by atoms with E-state index in [9.17, 15) is 9.59 Å². The van der Waals surface area contributed by atoms with Crippen LogP contribution >= 0.6 is 0 Å². The molecule has 0 saturated heterocycles. The van der Waals surface area contributed by atoms with Crippen molar-refractivity contribution in [3.8, 4) is 0 Å². The van der Waals surface area contributed by atoms with Gasteiger partial charge in [0.25, 0.3) is 0 Å². The number of aromatic nitrogens is 1. The van der Waals surface area contributed by atoms with Crippen molar-refractivity contribution in [3.63, 3.8) is 0 Å². The van der Waals surface area contributed by atoms with E-state index in [1.807, 2.05) is 35.0 Å². The molecule has 0 radical (unpaired) electrons. The Labute approximate surface area is 167 Å². The first-order chi connectivity index (χ1) is 13.7. The van der Waals surface area contributed by atoms with Crippen LogP contribution in [0.3, 0.4) is 0 Å². The molecular formula is C24H32N2O2. The van der Waals surface area contributed by atoms with Crippen LogP contribution in [0.4, 0.5) is 0 Å². The predicted octanol–water partition coefficient (Wildman–Crippen LogP) is 5.24. The van der Waals surface area contributed by atoms with E-state index in [0.29, 0.717) is 6.04 Å². The topological polar surface area (TPSA) is 51.1 Å². The number of nitrogens with zero attached hydrogens (tertiary/aromatic N) is 1. The number of para-hydroxylation sites is 1. The first-order valence-electron chi connectivity index (χ1n) is 11.1. The SMILES string of the molecule is O=C(Cn1cc(C(=O)C2CCCCC2)c2ccccc21)NC1CCCCCC1.